The maximum Gasteiger partial charge on any atom is 0.338 e. The van der Waals surface area contributed by atoms with Crippen LogP contribution in [0.15, 0.2) is 42.5 Å². The molecule has 1 aliphatic carbocycles. The Bertz CT molecular complexity index is 1370. The third-order valence-electron chi connectivity index (χ3n) is 7.39. The fourth-order valence-electron chi connectivity index (χ4n) is 5.19. The standard InChI is InChI=1S/C30H34O9/c1-16-13-18-14-20(31)24(35-4)26(37-6)22(18)23-19(15-21(34-3)25(36-5)27(23)38-7)28(30(16,2)33)39-29(32)17-11-9-8-10-12-17/h8-12,14-16,28,31,33H,13H2,1-7H3/t16-,28+,30+/m0/s1. The third-order valence-corrected chi connectivity index (χ3v) is 7.39. The smallest absolute Gasteiger partial charge is 0.338 e. The van der Waals surface area contributed by atoms with E-state index < -0.39 is 23.6 Å². The Morgan fingerprint density at radius 2 is 1.44 bits per heavy atom. The summed E-state index contributed by atoms with van der Waals surface area (Å²) in [5.41, 5.74) is 0.822. The molecule has 0 aliphatic heterocycles. The molecule has 0 radical (unpaired) electrons. The molecule has 0 unspecified atom stereocenters. The number of carbonyl (C=O) groups is 1. The molecular formula is C30H34O9. The van der Waals surface area contributed by atoms with Crippen LogP contribution in [-0.2, 0) is 11.2 Å². The molecule has 3 aromatic carbocycles. The van der Waals surface area contributed by atoms with Crippen LogP contribution in [0.2, 0.25) is 0 Å². The van der Waals surface area contributed by atoms with E-state index in [1.54, 1.807) is 49.4 Å². The third kappa shape index (κ3) is 4.67. The zero-order valence-electron chi connectivity index (χ0n) is 23.2. The number of benzene rings is 3. The molecule has 4 rings (SSSR count). The molecule has 0 saturated carbocycles. The van der Waals surface area contributed by atoms with Gasteiger partial charge in [-0.25, -0.2) is 4.79 Å². The first-order valence-electron chi connectivity index (χ1n) is 12.4. The first-order valence-corrected chi connectivity index (χ1v) is 12.4. The highest BCUT2D eigenvalue weighted by molar-refractivity contribution is 5.91. The molecule has 0 spiro atoms. The van der Waals surface area contributed by atoms with Crippen LogP contribution in [0.1, 0.15) is 41.4 Å². The summed E-state index contributed by atoms with van der Waals surface area (Å²) >= 11 is 0. The van der Waals surface area contributed by atoms with Gasteiger partial charge in [-0.1, -0.05) is 25.1 Å². The summed E-state index contributed by atoms with van der Waals surface area (Å²) in [7, 11) is 7.34. The van der Waals surface area contributed by atoms with Crippen molar-refractivity contribution >= 4 is 5.97 Å². The SMILES string of the molecule is COc1cc2c(c(OC)c1OC)-c1c(cc(O)c(OC)c1OC)C[C@H](C)[C@@](C)(O)[C@@H]2OC(=O)c1ccccc1. The number of aliphatic hydroxyl groups is 1. The Morgan fingerprint density at radius 1 is 0.846 bits per heavy atom. The first-order chi connectivity index (χ1) is 18.6. The quantitative estimate of drug-likeness (QED) is 0.404. The summed E-state index contributed by atoms with van der Waals surface area (Å²) in [6.45, 7) is 3.48. The molecule has 0 aromatic heterocycles. The van der Waals surface area contributed by atoms with Gasteiger partial charge in [0.1, 0.15) is 5.60 Å². The Balaban J connectivity index is 2.14. The van der Waals surface area contributed by atoms with Gasteiger partial charge in [0, 0.05) is 16.7 Å². The molecule has 9 nitrogen and oxygen atoms in total. The number of ether oxygens (including phenoxy) is 6. The highest BCUT2D eigenvalue weighted by atomic mass is 16.6. The number of phenolic OH excluding ortho intramolecular Hbond substituents is 1. The maximum absolute atomic E-state index is 13.4. The van der Waals surface area contributed by atoms with E-state index in [0.717, 1.165) is 0 Å². The number of aromatic hydroxyl groups is 1. The molecule has 0 amide bonds. The summed E-state index contributed by atoms with van der Waals surface area (Å²) in [4.78, 5) is 13.4. The number of carbonyl (C=O) groups excluding carboxylic acids is 1. The summed E-state index contributed by atoms with van der Waals surface area (Å²) in [6, 6.07) is 11.8. The molecule has 9 heteroatoms. The van der Waals surface area contributed by atoms with Gasteiger partial charge < -0.3 is 38.6 Å². The van der Waals surface area contributed by atoms with Gasteiger partial charge in [0.15, 0.2) is 29.1 Å². The Kier molecular flexibility index (Phi) is 7.83. The molecule has 39 heavy (non-hydrogen) atoms. The van der Waals surface area contributed by atoms with Crippen molar-refractivity contribution < 1.29 is 43.4 Å². The van der Waals surface area contributed by atoms with Crippen LogP contribution in [-0.4, -0.2) is 57.3 Å². The Morgan fingerprint density at radius 3 is 2.00 bits per heavy atom. The monoisotopic (exact) mass is 538 g/mol. The molecule has 0 bridgehead atoms. The summed E-state index contributed by atoms with van der Waals surface area (Å²) < 4.78 is 34.6. The van der Waals surface area contributed by atoms with Gasteiger partial charge in [0.05, 0.1) is 41.1 Å². The van der Waals surface area contributed by atoms with Gasteiger partial charge in [0.25, 0.3) is 0 Å². The van der Waals surface area contributed by atoms with Crippen molar-refractivity contribution in [1.29, 1.82) is 0 Å². The Labute approximate surface area is 227 Å². The topological polar surface area (TPSA) is 113 Å². The molecule has 208 valence electrons. The lowest BCUT2D eigenvalue weighted by Crippen LogP contribution is -2.43. The highest BCUT2D eigenvalue weighted by Crippen LogP contribution is 2.58. The second-order valence-corrected chi connectivity index (χ2v) is 9.59. The van der Waals surface area contributed by atoms with Gasteiger partial charge in [-0.3, -0.25) is 0 Å². The summed E-state index contributed by atoms with van der Waals surface area (Å²) in [6.07, 6.45) is -0.867. The number of rotatable bonds is 7. The van der Waals surface area contributed by atoms with E-state index >= 15 is 0 Å². The van der Waals surface area contributed by atoms with E-state index in [-0.39, 0.29) is 23.0 Å². The average molecular weight is 539 g/mol. The largest absolute Gasteiger partial charge is 0.504 e. The second-order valence-electron chi connectivity index (χ2n) is 9.59. The molecule has 0 heterocycles. The molecule has 2 N–H and O–H groups in total. The number of methoxy groups -OCH3 is 5. The van der Waals surface area contributed by atoms with Crippen LogP contribution < -0.4 is 23.7 Å². The number of hydrogen-bond acceptors (Lipinski definition) is 9. The molecule has 0 fully saturated rings. The molecule has 1 aliphatic rings. The number of fused-ring (bicyclic) bond motifs is 3. The fourth-order valence-corrected chi connectivity index (χ4v) is 5.19. The van der Waals surface area contributed by atoms with Crippen LogP contribution >= 0.6 is 0 Å². The minimum Gasteiger partial charge on any atom is -0.504 e. The van der Waals surface area contributed by atoms with Gasteiger partial charge in [-0.05, 0) is 49.1 Å². The first kappa shape index (κ1) is 27.9. The van der Waals surface area contributed by atoms with Crippen molar-refractivity contribution in [3.05, 3.63) is 59.2 Å². The van der Waals surface area contributed by atoms with Crippen molar-refractivity contribution in [2.75, 3.05) is 35.5 Å². The Hall–Kier alpha value is -4.11. The van der Waals surface area contributed by atoms with Gasteiger partial charge >= 0.3 is 5.97 Å². The van der Waals surface area contributed by atoms with Crippen LogP contribution in [0.25, 0.3) is 11.1 Å². The van der Waals surface area contributed by atoms with E-state index in [1.165, 1.54) is 35.5 Å². The van der Waals surface area contributed by atoms with E-state index in [1.807, 2.05) is 6.92 Å². The predicted octanol–water partition coefficient (Wildman–Crippen LogP) is 4.94. The lowest BCUT2D eigenvalue weighted by Gasteiger charge is -2.41. The van der Waals surface area contributed by atoms with E-state index in [4.69, 9.17) is 28.4 Å². The molecular weight excluding hydrogens is 504 g/mol. The number of esters is 1. The zero-order chi connectivity index (χ0) is 28.5. The van der Waals surface area contributed by atoms with Crippen molar-refractivity contribution in [1.82, 2.24) is 0 Å². The number of phenols is 1. The van der Waals surface area contributed by atoms with Crippen LogP contribution in [0.3, 0.4) is 0 Å². The van der Waals surface area contributed by atoms with Crippen LogP contribution in [0.4, 0.5) is 0 Å². The normalized spacial score (nSPS) is 20.0. The van der Waals surface area contributed by atoms with E-state index in [9.17, 15) is 15.0 Å². The minimum absolute atomic E-state index is 0.117. The lowest BCUT2D eigenvalue weighted by atomic mass is 9.73. The molecule has 3 atom stereocenters. The van der Waals surface area contributed by atoms with Crippen molar-refractivity contribution in [2.45, 2.75) is 32.0 Å². The lowest BCUT2D eigenvalue weighted by molar-refractivity contribution is -0.107. The fraction of sp³-hybridized carbons (Fsp3) is 0.367. The van der Waals surface area contributed by atoms with E-state index in [2.05, 4.69) is 0 Å². The summed E-state index contributed by atoms with van der Waals surface area (Å²) in [5, 5.41) is 22.8. The second kappa shape index (κ2) is 10.9. The van der Waals surface area contributed by atoms with Crippen LogP contribution in [0.5, 0.6) is 34.5 Å². The minimum atomic E-state index is -1.57. The van der Waals surface area contributed by atoms with E-state index in [0.29, 0.717) is 45.7 Å². The number of hydrogen-bond donors (Lipinski definition) is 2. The highest BCUT2D eigenvalue weighted by Gasteiger charge is 2.46. The predicted molar refractivity (Wildman–Crippen MR) is 144 cm³/mol. The van der Waals surface area contributed by atoms with Crippen molar-refractivity contribution in [3.63, 3.8) is 0 Å². The van der Waals surface area contributed by atoms with Gasteiger partial charge in [0.2, 0.25) is 11.5 Å². The maximum atomic E-state index is 13.4. The van der Waals surface area contributed by atoms with Crippen molar-refractivity contribution in [3.8, 4) is 45.6 Å². The summed E-state index contributed by atoms with van der Waals surface area (Å²) in [5.74, 6) is 0.0690. The van der Waals surface area contributed by atoms with Crippen LogP contribution in [0, 0.1) is 5.92 Å². The molecule has 0 saturated heterocycles. The average Bonchev–Trinajstić information content (AvgIpc) is 2.94. The van der Waals surface area contributed by atoms with Crippen molar-refractivity contribution in [2.24, 2.45) is 5.92 Å². The molecule has 3 aromatic rings. The zero-order valence-corrected chi connectivity index (χ0v) is 23.2. The van der Waals surface area contributed by atoms with Gasteiger partial charge in [-0.15, -0.1) is 0 Å². The van der Waals surface area contributed by atoms with Gasteiger partial charge in [-0.2, -0.15) is 0 Å².